The van der Waals surface area contributed by atoms with Crippen LogP contribution < -0.4 is 0 Å². The molecule has 1 unspecified atom stereocenters. The van der Waals surface area contributed by atoms with E-state index in [2.05, 4.69) is 6.92 Å². The van der Waals surface area contributed by atoms with Crippen LogP contribution in [-0.4, -0.2) is 63.7 Å². The van der Waals surface area contributed by atoms with Crippen LogP contribution in [0.3, 0.4) is 0 Å². The Bertz CT molecular complexity index is 363. The highest BCUT2D eigenvalue weighted by atomic mass is 16.7. The van der Waals surface area contributed by atoms with Crippen LogP contribution in [-0.2, 0) is 14.3 Å². The van der Waals surface area contributed by atoms with Crippen molar-refractivity contribution in [2.24, 2.45) is 0 Å². The van der Waals surface area contributed by atoms with Gasteiger partial charge in [-0.3, -0.25) is 4.79 Å². The van der Waals surface area contributed by atoms with E-state index in [1.165, 1.54) is 38.5 Å². The normalized spacial score (nSPS) is 27.4. The monoisotopic (exact) mass is 362 g/mol. The van der Waals surface area contributed by atoms with E-state index in [1.54, 1.807) is 0 Å². The third kappa shape index (κ3) is 8.46. The molecule has 148 valence electrons. The zero-order chi connectivity index (χ0) is 18.7. The van der Waals surface area contributed by atoms with Crippen molar-refractivity contribution in [1.29, 1.82) is 0 Å². The second kappa shape index (κ2) is 12.6. The minimum absolute atomic E-state index is 0.294. The minimum Gasteiger partial charge on any atom is -0.463 e. The molecule has 0 saturated carbocycles. The van der Waals surface area contributed by atoms with Crippen LogP contribution in [0.1, 0.15) is 71.1 Å². The molecule has 0 aromatic rings. The minimum atomic E-state index is -1.55. The average molecular weight is 362 g/mol. The fourth-order valence-corrected chi connectivity index (χ4v) is 2.93. The van der Waals surface area contributed by atoms with Gasteiger partial charge in [-0.2, -0.15) is 0 Å². The molecule has 0 aliphatic carbocycles. The number of esters is 1. The number of carbonyl (C=O) groups excluding carboxylic acids is 1. The van der Waals surface area contributed by atoms with Gasteiger partial charge in [-0.05, 0) is 6.42 Å². The Morgan fingerprint density at radius 1 is 0.960 bits per heavy atom. The van der Waals surface area contributed by atoms with Crippen molar-refractivity contribution in [2.75, 3.05) is 6.61 Å². The second-order valence-electron chi connectivity index (χ2n) is 6.80. The quantitative estimate of drug-likeness (QED) is 0.288. The van der Waals surface area contributed by atoms with E-state index in [0.29, 0.717) is 6.42 Å². The molecule has 0 bridgehead atoms. The molecule has 0 aromatic carbocycles. The Balaban J connectivity index is 2.02. The lowest BCUT2D eigenvalue weighted by molar-refractivity contribution is -0.163. The number of aliphatic hydroxyl groups excluding tert-OH is 4. The van der Waals surface area contributed by atoms with Crippen molar-refractivity contribution in [3.8, 4) is 0 Å². The highest BCUT2D eigenvalue weighted by molar-refractivity contribution is 5.69. The van der Waals surface area contributed by atoms with Crippen molar-refractivity contribution in [1.82, 2.24) is 0 Å². The lowest BCUT2D eigenvalue weighted by atomic mass is 10.1. The maximum Gasteiger partial charge on any atom is 0.305 e. The number of rotatable bonds is 13. The van der Waals surface area contributed by atoms with E-state index in [0.717, 1.165) is 19.3 Å². The number of hydrogen-bond acceptors (Lipinski definition) is 7. The molecule has 5 atom stereocenters. The molecule has 7 nitrogen and oxygen atoms in total. The van der Waals surface area contributed by atoms with Gasteiger partial charge in [0.15, 0.2) is 6.29 Å². The van der Waals surface area contributed by atoms with Crippen LogP contribution in [0, 0.1) is 0 Å². The Hall–Kier alpha value is -0.730. The number of hydrogen-bond donors (Lipinski definition) is 4. The van der Waals surface area contributed by atoms with Gasteiger partial charge in [0.25, 0.3) is 0 Å². The predicted molar refractivity (Wildman–Crippen MR) is 91.7 cm³/mol. The molecule has 1 aliphatic heterocycles. The maximum absolute atomic E-state index is 11.6. The van der Waals surface area contributed by atoms with Gasteiger partial charge in [0.05, 0.1) is 0 Å². The summed E-state index contributed by atoms with van der Waals surface area (Å²) in [6.07, 6.45) is 3.81. The lowest BCUT2D eigenvalue weighted by Gasteiger charge is -2.20. The lowest BCUT2D eigenvalue weighted by Crippen LogP contribution is -2.41. The van der Waals surface area contributed by atoms with E-state index in [9.17, 15) is 25.2 Å². The first-order chi connectivity index (χ1) is 12.0. The van der Waals surface area contributed by atoms with Crippen molar-refractivity contribution < 1.29 is 34.7 Å². The fraction of sp³-hybridized carbons (Fsp3) is 0.944. The highest BCUT2D eigenvalue weighted by Gasteiger charge is 2.45. The number of aliphatic hydroxyl groups is 4. The second-order valence-corrected chi connectivity index (χ2v) is 6.80. The van der Waals surface area contributed by atoms with E-state index in [4.69, 9.17) is 9.47 Å². The molecular weight excluding hydrogens is 328 g/mol. The molecule has 4 N–H and O–H groups in total. The summed E-state index contributed by atoms with van der Waals surface area (Å²) in [5, 5.41) is 38.1. The summed E-state index contributed by atoms with van der Waals surface area (Å²) in [5.41, 5.74) is 0. The van der Waals surface area contributed by atoms with E-state index >= 15 is 0 Å². The van der Waals surface area contributed by atoms with Crippen LogP contribution in [0.5, 0.6) is 0 Å². The molecule has 1 rings (SSSR count). The number of unbranched alkanes of at least 4 members (excludes halogenated alkanes) is 8. The van der Waals surface area contributed by atoms with Gasteiger partial charge >= 0.3 is 5.97 Å². The molecule has 1 heterocycles. The Kier molecular flexibility index (Phi) is 11.2. The summed E-state index contributed by atoms with van der Waals surface area (Å²) >= 11 is 0. The van der Waals surface area contributed by atoms with Gasteiger partial charge in [-0.1, -0.05) is 58.3 Å². The van der Waals surface area contributed by atoms with Crippen molar-refractivity contribution >= 4 is 5.97 Å². The fourth-order valence-electron chi connectivity index (χ4n) is 2.93. The summed E-state index contributed by atoms with van der Waals surface area (Å²) in [4.78, 5) is 11.6. The molecule has 0 amide bonds. The highest BCUT2D eigenvalue weighted by Crippen LogP contribution is 2.22. The molecular formula is C18H34O7. The van der Waals surface area contributed by atoms with Crippen molar-refractivity contribution in [2.45, 2.75) is 102 Å². The standard InChI is InChI=1S/C18H34O7/c1-2-3-4-5-6-7-8-9-10-11-14(20)24-12-13(19)17-15(21)16(22)18(23)25-17/h13,15-19,21-23H,2-12H2,1H3/t13-,15+,16-,17-,18?/m1/s1. The van der Waals surface area contributed by atoms with E-state index in [-0.39, 0.29) is 6.61 Å². The van der Waals surface area contributed by atoms with Gasteiger partial charge < -0.3 is 29.9 Å². The third-order valence-corrected chi connectivity index (χ3v) is 4.55. The smallest absolute Gasteiger partial charge is 0.305 e. The first-order valence-corrected chi connectivity index (χ1v) is 9.50. The Morgan fingerprint density at radius 3 is 2.04 bits per heavy atom. The topological polar surface area (TPSA) is 116 Å². The van der Waals surface area contributed by atoms with Gasteiger partial charge in [0.2, 0.25) is 0 Å². The van der Waals surface area contributed by atoms with Gasteiger partial charge in [-0.15, -0.1) is 0 Å². The summed E-state index contributed by atoms with van der Waals surface area (Å²) in [5.74, 6) is -0.407. The first-order valence-electron chi connectivity index (χ1n) is 9.50. The van der Waals surface area contributed by atoms with E-state index < -0.39 is 36.7 Å². The molecule has 0 radical (unpaired) electrons. The summed E-state index contributed by atoms with van der Waals surface area (Å²) in [6, 6.07) is 0. The zero-order valence-electron chi connectivity index (χ0n) is 15.2. The van der Waals surface area contributed by atoms with Crippen LogP contribution in [0.15, 0.2) is 0 Å². The Morgan fingerprint density at radius 2 is 1.52 bits per heavy atom. The molecule has 1 saturated heterocycles. The average Bonchev–Trinajstić information content (AvgIpc) is 2.85. The molecule has 0 spiro atoms. The van der Waals surface area contributed by atoms with Crippen LogP contribution >= 0.6 is 0 Å². The predicted octanol–water partition coefficient (Wildman–Crippen LogP) is 1.25. The summed E-state index contributed by atoms with van der Waals surface area (Å²) in [7, 11) is 0. The molecule has 7 heteroatoms. The van der Waals surface area contributed by atoms with Crippen molar-refractivity contribution in [3.63, 3.8) is 0 Å². The largest absolute Gasteiger partial charge is 0.463 e. The van der Waals surface area contributed by atoms with Crippen LogP contribution in [0.25, 0.3) is 0 Å². The van der Waals surface area contributed by atoms with Gasteiger partial charge in [0.1, 0.15) is 31.0 Å². The first kappa shape index (κ1) is 22.3. The maximum atomic E-state index is 11.6. The molecule has 0 aromatic heterocycles. The number of ether oxygens (including phenoxy) is 2. The Labute approximate surface area is 150 Å². The van der Waals surface area contributed by atoms with Crippen LogP contribution in [0.2, 0.25) is 0 Å². The van der Waals surface area contributed by atoms with Gasteiger partial charge in [0, 0.05) is 6.42 Å². The van der Waals surface area contributed by atoms with Gasteiger partial charge in [-0.25, -0.2) is 0 Å². The van der Waals surface area contributed by atoms with Crippen LogP contribution in [0.4, 0.5) is 0 Å². The molecule has 1 fully saturated rings. The van der Waals surface area contributed by atoms with Crippen molar-refractivity contribution in [3.05, 3.63) is 0 Å². The summed E-state index contributed by atoms with van der Waals surface area (Å²) < 4.78 is 9.82. The molecule has 25 heavy (non-hydrogen) atoms. The zero-order valence-corrected chi connectivity index (χ0v) is 15.2. The SMILES string of the molecule is CCCCCCCCCCCC(=O)OC[C@@H](O)[C@H]1OC(O)[C@H](O)[C@@H]1O. The third-order valence-electron chi connectivity index (χ3n) is 4.55. The summed E-state index contributed by atoms with van der Waals surface area (Å²) in [6.45, 7) is 1.87. The van der Waals surface area contributed by atoms with E-state index in [1.807, 2.05) is 0 Å². The molecule has 1 aliphatic rings. The number of carbonyl (C=O) groups is 1.